The summed E-state index contributed by atoms with van der Waals surface area (Å²) < 4.78 is 3.82. The minimum absolute atomic E-state index is 0.123. The molecular formula is C56H67Cl4N11O3. The molecule has 0 spiro atoms. The van der Waals surface area contributed by atoms with Crippen molar-refractivity contribution < 1.29 is 14.7 Å². The number of halogens is 4. The molecule has 2 aromatic carbocycles. The Morgan fingerprint density at radius 3 is 1.51 bits per heavy atom. The van der Waals surface area contributed by atoms with Gasteiger partial charge in [-0.05, 0) is 163 Å². The van der Waals surface area contributed by atoms with Crippen LogP contribution in [0.4, 0.5) is 0 Å². The van der Waals surface area contributed by atoms with Crippen LogP contribution < -0.4 is 5.73 Å². The molecule has 4 aromatic heterocycles. The maximum atomic E-state index is 11.3. The first kappa shape index (κ1) is 53.9. The molecule has 2 fully saturated rings. The fraction of sp³-hybridized carbons (Fsp3) is 0.500. The molecule has 6 aromatic rings. The van der Waals surface area contributed by atoms with Crippen LogP contribution in [0.25, 0.3) is 33.5 Å². The molecule has 0 radical (unpaired) electrons. The summed E-state index contributed by atoms with van der Waals surface area (Å²) in [4.78, 5) is 47.3. The quantitative estimate of drug-likeness (QED) is 0.106. The van der Waals surface area contributed by atoms with Crippen molar-refractivity contribution in [1.29, 1.82) is 0 Å². The Morgan fingerprint density at radius 2 is 1.12 bits per heavy atom. The lowest BCUT2D eigenvalue weighted by atomic mass is 9.83. The van der Waals surface area contributed by atoms with Crippen molar-refractivity contribution in [1.82, 2.24) is 49.3 Å². The second kappa shape index (κ2) is 23.1. The van der Waals surface area contributed by atoms with Crippen molar-refractivity contribution in [2.45, 2.75) is 155 Å². The van der Waals surface area contributed by atoms with Crippen LogP contribution in [0.15, 0.2) is 60.9 Å². The Labute approximate surface area is 453 Å². The molecule has 18 heteroatoms. The highest BCUT2D eigenvalue weighted by atomic mass is 35.5. The van der Waals surface area contributed by atoms with E-state index in [-0.39, 0.29) is 24.4 Å². The molecule has 392 valence electrons. The number of hydrogen-bond acceptors (Lipinski definition) is 10. The van der Waals surface area contributed by atoms with Crippen molar-refractivity contribution in [3.05, 3.63) is 115 Å². The van der Waals surface area contributed by atoms with Crippen molar-refractivity contribution in [2.75, 3.05) is 13.1 Å². The van der Waals surface area contributed by atoms with Gasteiger partial charge in [-0.1, -0.05) is 84.5 Å². The second-order valence-corrected chi connectivity index (χ2v) is 22.7. The van der Waals surface area contributed by atoms with Crippen molar-refractivity contribution in [2.24, 2.45) is 17.6 Å². The van der Waals surface area contributed by atoms with E-state index in [4.69, 9.17) is 87.4 Å². The van der Waals surface area contributed by atoms with Gasteiger partial charge in [-0.2, -0.15) is 10.2 Å². The zero-order valence-electron chi connectivity index (χ0n) is 43.1. The van der Waals surface area contributed by atoms with E-state index in [2.05, 4.69) is 49.6 Å². The number of nitrogens with two attached hydrogens (primary N) is 1. The summed E-state index contributed by atoms with van der Waals surface area (Å²) >= 11 is 25.3. The zero-order valence-corrected chi connectivity index (χ0v) is 46.1. The van der Waals surface area contributed by atoms with Gasteiger partial charge in [0.2, 0.25) is 5.91 Å². The molecule has 2 saturated heterocycles. The summed E-state index contributed by atoms with van der Waals surface area (Å²) in [7, 11) is 0. The number of fused-ring (bicyclic) bond motifs is 2. The number of rotatable bonds is 14. The van der Waals surface area contributed by atoms with E-state index < -0.39 is 5.97 Å². The number of aryl methyl sites for hydroxylation is 2. The average Bonchev–Trinajstić information content (AvgIpc) is 4.18. The number of nitrogens with zero attached hydrogens (tertiary/aromatic N) is 10. The number of likely N-dealkylation sites (tertiary alicyclic amines) is 2. The van der Waals surface area contributed by atoms with E-state index in [1.165, 1.54) is 17.6 Å². The Bertz CT molecular complexity index is 2910. The first-order valence-corrected chi connectivity index (χ1v) is 27.7. The van der Waals surface area contributed by atoms with Crippen LogP contribution in [-0.4, -0.2) is 104 Å². The highest BCUT2D eigenvalue weighted by molar-refractivity contribution is 6.35. The maximum Gasteiger partial charge on any atom is 0.303 e. The van der Waals surface area contributed by atoms with E-state index in [9.17, 15) is 9.59 Å². The molecule has 3 N–H and O–H groups in total. The smallest absolute Gasteiger partial charge is 0.303 e. The lowest BCUT2D eigenvalue weighted by Crippen LogP contribution is -2.44. The van der Waals surface area contributed by atoms with E-state index in [1.807, 2.05) is 59.9 Å². The number of carboxylic acids is 1. The largest absolute Gasteiger partial charge is 0.481 e. The number of hydrogen-bond donors (Lipinski definition) is 2. The molecule has 14 nitrogen and oxygen atoms in total. The standard InChI is InChI=1S/C28H34Cl2N6O.C28H33Cl2N5O2/c1-16-13-19(6-10-25(16)35-12-4-5-21(35)8-11-26(31)37)24-15-32-27-17(2)34-36(28(27)33-24)18(3)22-9-7-20(29)14-23(22)30;1-16-13-19(6-10-25(16)34-12-4-5-21(34)8-11-26(36)37)24-15-31-27-17(2)33-35(28(27)32-24)18(3)22-9-7-20(29)14-23(22)30/h6-7,9,14-16,18,21,25H,4-5,8,10-13H2,1-3H3,(H2,31,37);6-7,9,14-16,18,21,25H,4-5,8,10-13H2,1-3H3,(H,36,37)/t2*16-,18-,21+,25?/m11/s1. The molecule has 0 bridgehead atoms. The van der Waals surface area contributed by atoms with Crippen LogP contribution in [0.1, 0.15) is 151 Å². The minimum Gasteiger partial charge on any atom is -0.481 e. The van der Waals surface area contributed by atoms with Gasteiger partial charge in [0.05, 0.1) is 47.3 Å². The Morgan fingerprint density at radius 1 is 0.689 bits per heavy atom. The highest BCUT2D eigenvalue weighted by Gasteiger charge is 2.37. The molecule has 1 amide bonds. The maximum absolute atomic E-state index is 11.3. The van der Waals surface area contributed by atoms with Crippen LogP contribution in [0, 0.1) is 25.7 Å². The number of carbonyl (C=O) groups is 2. The summed E-state index contributed by atoms with van der Waals surface area (Å²) in [6.07, 6.45) is 19.0. The average molecular weight is 1080 g/mol. The zero-order chi connectivity index (χ0) is 52.5. The summed E-state index contributed by atoms with van der Waals surface area (Å²) in [6, 6.07) is 12.5. The first-order chi connectivity index (χ1) is 35.4. The van der Waals surface area contributed by atoms with Crippen LogP contribution in [0.2, 0.25) is 20.1 Å². The van der Waals surface area contributed by atoms with Gasteiger partial charge in [-0.25, -0.2) is 29.3 Å². The van der Waals surface area contributed by atoms with E-state index in [0.29, 0.717) is 62.5 Å². The van der Waals surface area contributed by atoms with Crippen molar-refractivity contribution in [3.8, 4) is 0 Å². The number of amides is 1. The van der Waals surface area contributed by atoms with Crippen LogP contribution in [0.3, 0.4) is 0 Å². The number of aromatic nitrogens is 8. The van der Waals surface area contributed by atoms with E-state index in [1.54, 1.807) is 12.1 Å². The second-order valence-electron chi connectivity index (χ2n) is 21.0. The fourth-order valence-corrected chi connectivity index (χ4v) is 13.3. The lowest BCUT2D eigenvalue weighted by Gasteiger charge is -2.39. The Hall–Kier alpha value is -4.96. The number of carboxylic acid groups (broad SMARTS) is 1. The number of allylic oxidation sites excluding steroid dienone is 2. The molecule has 4 aliphatic rings. The van der Waals surface area contributed by atoms with Gasteiger partial charge >= 0.3 is 5.97 Å². The van der Waals surface area contributed by atoms with Gasteiger partial charge in [0, 0.05) is 57.1 Å². The summed E-state index contributed by atoms with van der Waals surface area (Å²) in [5.41, 5.74) is 16.3. The van der Waals surface area contributed by atoms with Gasteiger partial charge in [0.1, 0.15) is 11.0 Å². The molecule has 8 atom stereocenters. The fourth-order valence-electron chi connectivity index (χ4n) is 12.2. The predicted molar refractivity (Wildman–Crippen MR) is 296 cm³/mol. The van der Waals surface area contributed by atoms with Crippen LogP contribution >= 0.6 is 46.4 Å². The van der Waals surface area contributed by atoms with Gasteiger partial charge < -0.3 is 10.8 Å². The number of carbonyl (C=O) groups excluding carboxylic acids is 1. The summed E-state index contributed by atoms with van der Waals surface area (Å²) in [5.74, 6) is 0.00938. The van der Waals surface area contributed by atoms with Crippen LogP contribution in [0.5, 0.6) is 0 Å². The monoisotopic (exact) mass is 1080 g/mol. The van der Waals surface area contributed by atoms with E-state index in [0.717, 1.165) is 127 Å². The minimum atomic E-state index is -0.707. The Balaban J connectivity index is 0.000000182. The third-order valence-corrected chi connectivity index (χ3v) is 17.2. The van der Waals surface area contributed by atoms with Gasteiger partial charge in [-0.15, -0.1) is 0 Å². The third-order valence-electron chi connectivity index (χ3n) is 16.1. The molecular weight excluding hydrogens is 1020 g/mol. The molecule has 10 rings (SSSR count). The first-order valence-electron chi connectivity index (χ1n) is 26.2. The van der Waals surface area contributed by atoms with Crippen molar-refractivity contribution >= 4 is 91.8 Å². The number of aliphatic carboxylic acids is 1. The molecule has 2 unspecified atom stereocenters. The van der Waals surface area contributed by atoms with Gasteiger partial charge in [0.15, 0.2) is 11.3 Å². The number of primary amides is 1. The lowest BCUT2D eigenvalue weighted by molar-refractivity contribution is -0.137. The molecule has 6 heterocycles. The van der Waals surface area contributed by atoms with Crippen molar-refractivity contribution in [3.63, 3.8) is 0 Å². The normalized spacial score (nSPS) is 23.4. The predicted octanol–water partition coefficient (Wildman–Crippen LogP) is 12.5. The summed E-state index contributed by atoms with van der Waals surface area (Å²) in [6.45, 7) is 14.8. The molecule has 74 heavy (non-hydrogen) atoms. The highest BCUT2D eigenvalue weighted by Crippen LogP contribution is 2.40. The summed E-state index contributed by atoms with van der Waals surface area (Å²) in [5, 5.41) is 21.1. The molecule has 2 aliphatic heterocycles. The topological polar surface area (TPSA) is 174 Å². The van der Waals surface area contributed by atoms with Crippen LogP contribution in [-0.2, 0) is 9.59 Å². The number of benzene rings is 2. The van der Waals surface area contributed by atoms with Gasteiger partial charge in [0.25, 0.3) is 0 Å². The molecule has 0 saturated carbocycles. The SMILES string of the molecule is Cc1nn([C@H](C)c2ccc(Cl)cc2Cl)c2nc(C3=CCC(N4CCC[C@H]4CCC(=O)O)[C@H](C)C3)cnc12.Cc1nn([C@H](C)c2ccc(Cl)cc2Cl)c2nc(C3=CCC(N4CCC[C@H]4CCC(N)=O)[C@H](C)C3)cnc12. The van der Waals surface area contributed by atoms with E-state index >= 15 is 0 Å². The third kappa shape index (κ3) is 11.6. The Kier molecular flexibility index (Phi) is 16.8. The van der Waals surface area contributed by atoms with Gasteiger partial charge in [-0.3, -0.25) is 19.4 Å². The molecule has 2 aliphatic carbocycles.